The minimum absolute atomic E-state index is 0.0586. The number of fused-ring (bicyclic) bond motifs is 1. The van der Waals surface area contributed by atoms with E-state index in [9.17, 15) is 5.26 Å². The summed E-state index contributed by atoms with van der Waals surface area (Å²) in [6, 6.07) is 9.79. The van der Waals surface area contributed by atoms with Crippen LogP contribution in [0, 0.1) is 11.3 Å². The summed E-state index contributed by atoms with van der Waals surface area (Å²) in [5.41, 5.74) is -0.675. The Morgan fingerprint density at radius 2 is 2.16 bits per heavy atom. The van der Waals surface area contributed by atoms with Crippen molar-refractivity contribution in [3.05, 3.63) is 29.8 Å². The number of aliphatic hydroxyl groups is 1. The lowest BCUT2D eigenvalue weighted by Crippen LogP contribution is -2.45. The zero-order valence-electron chi connectivity index (χ0n) is 11.3. The van der Waals surface area contributed by atoms with Crippen LogP contribution >= 0.6 is 0 Å². The van der Waals surface area contributed by atoms with Gasteiger partial charge in [0.2, 0.25) is 0 Å². The minimum Gasteiger partial charge on any atom is -0.487 e. The molecular weight excluding hydrogens is 242 g/mol. The zero-order valence-corrected chi connectivity index (χ0v) is 11.3. The van der Waals surface area contributed by atoms with Crippen LogP contribution in [0.15, 0.2) is 24.3 Å². The second kappa shape index (κ2) is 5.20. The molecule has 102 valence electrons. The van der Waals surface area contributed by atoms with Crippen LogP contribution in [0.25, 0.3) is 0 Å². The molecule has 0 aromatic heterocycles. The van der Waals surface area contributed by atoms with Gasteiger partial charge in [-0.1, -0.05) is 18.2 Å². The van der Waals surface area contributed by atoms with Gasteiger partial charge in [0.25, 0.3) is 0 Å². The van der Waals surface area contributed by atoms with Crippen molar-refractivity contribution >= 4 is 0 Å². The summed E-state index contributed by atoms with van der Waals surface area (Å²) in [5, 5.41) is 18.5. The van der Waals surface area contributed by atoms with Gasteiger partial charge in [0, 0.05) is 18.6 Å². The third kappa shape index (κ3) is 2.73. The highest BCUT2D eigenvalue weighted by Gasteiger charge is 2.46. The van der Waals surface area contributed by atoms with E-state index in [-0.39, 0.29) is 6.61 Å². The molecule has 4 nitrogen and oxygen atoms in total. The number of nitriles is 1. The normalized spacial score (nSPS) is 24.1. The number of hydrogen-bond donors (Lipinski definition) is 1. The van der Waals surface area contributed by atoms with Gasteiger partial charge in [0.1, 0.15) is 17.4 Å². The van der Waals surface area contributed by atoms with Crippen molar-refractivity contribution in [1.29, 1.82) is 5.26 Å². The van der Waals surface area contributed by atoms with E-state index in [4.69, 9.17) is 14.6 Å². The van der Waals surface area contributed by atoms with E-state index in [1.807, 2.05) is 38.1 Å². The summed E-state index contributed by atoms with van der Waals surface area (Å²) in [5.74, 6) is 0.698. The summed E-state index contributed by atoms with van der Waals surface area (Å²) in [6.07, 6.45) is 0.992. The van der Waals surface area contributed by atoms with Gasteiger partial charge < -0.3 is 14.6 Å². The van der Waals surface area contributed by atoms with Crippen molar-refractivity contribution in [2.75, 3.05) is 13.2 Å². The number of hydrogen-bond acceptors (Lipinski definition) is 4. The Kier molecular flexibility index (Phi) is 3.79. The SMILES string of the molecule is CC1(C)CC(C#N)(OCCCO)c2ccccc2O1. The van der Waals surface area contributed by atoms with E-state index in [2.05, 4.69) is 6.07 Å². The van der Waals surface area contributed by atoms with E-state index >= 15 is 0 Å². The molecule has 0 bridgehead atoms. The van der Waals surface area contributed by atoms with Crippen molar-refractivity contribution < 1.29 is 14.6 Å². The fourth-order valence-electron chi connectivity index (χ4n) is 2.49. The average molecular weight is 261 g/mol. The molecular formula is C15H19NO3. The molecule has 1 aromatic rings. The Morgan fingerprint density at radius 3 is 2.84 bits per heavy atom. The van der Waals surface area contributed by atoms with Gasteiger partial charge in [-0.3, -0.25) is 0 Å². The molecule has 0 spiro atoms. The number of para-hydroxylation sites is 1. The monoisotopic (exact) mass is 261 g/mol. The highest BCUT2D eigenvalue weighted by atomic mass is 16.5. The summed E-state index contributed by atoms with van der Waals surface area (Å²) in [6.45, 7) is 4.31. The topological polar surface area (TPSA) is 62.5 Å². The molecule has 1 unspecified atom stereocenters. The Morgan fingerprint density at radius 1 is 1.42 bits per heavy atom. The lowest BCUT2D eigenvalue weighted by molar-refractivity contribution is -0.0791. The van der Waals surface area contributed by atoms with Crippen LogP contribution in [0.2, 0.25) is 0 Å². The van der Waals surface area contributed by atoms with Gasteiger partial charge in [0.05, 0.1) is 6.61 Å². The van der Waals surface area contributed by atoms with E-state index in [0.717, 1.165) is 5.56 Å². The first-order chi connectivity index (χ1) is 9.03. The molecule has 1 aliphatic rings. The molecule has 0 aliphatic carbocycles. The van der Waals surface area contributed by atoms with Crippen molar-refractivity contribution in [2.45, 2.75) is 37.9 Å². The van der Waals surface area contributed by atoms with Gasteiger partial charge in [-0.15, -0.1) is 0 Å². The number of benzene rings is 1. The van der Waals surface area contributed by atoms with Gasteiger partial charge in [-0.05, 0) is 26.3 Å². The highest BCUT2D eigenvalue weighted by Crippen LogP contribution is 2.45. The lowest BCUT2D eigenvalue weighted by Gasteiger charge is -2.41. The Balaban J connectivity index is 2.39. The number of ether oxygens (including phenoxy) is 2. The summed E-state index contributed by atoms with van der Waals surface area (Å²) < 4.78 is 11.7. The molecule has 2 rings (SSSR count). The molecule has 1 aliphatic heterocycles. The molecule has 0 amide bonds. The van der Waals surface area contributed by atoms with Crippen LogP contribution in [0.1, 0.15) is 32.3 Å². The van der Waals surface area contributed by atoms with Crippen molar-refractivity contribution in [1.82, 2.24) is 0 Å². The maximum absolute atomic E-state index is 9.63. The fraction of sp³-hybridized carbons (Fsp3) is 0.533. The smallest absolute Gasteiger partial charge is 0.186 e. The van der Waals surface area contributed by atoms with Crippen molar-refractivity contribution in [3.63, 3.8) is 0 Å². The molecule has 0 fully saturated rings. The van der Waals surface area contributed by atoms with E-state index in [0.29, 0.717) is 25.2 Å². The summed E-state index contributed by atoms with van der Waals surface area (Å²) >= 11 is 0. The Bertz CT molecular complexity index is 492. The van der Waals surface area contributed by atoms with Gasteiger partial charge in [0.15, 0.2) is 5.60 Å². The molecule has 0 saturated heterocycles. The van der Waals surface area contributed by atoms with Crippen LogP contribution in [0.4, 0.5) is 0 Å². The molecule has 1 atom stereocenters. The number of nitrogens with zero attached hydrogens (tertiary/aromatic N) is 1. The second-order valence-electron chi connectivity index (χ2n) is 5.40. The molecule has 19 heavy (non-hydrogen) atoms. The lowest BCUT2D eigenvalue weighted by atomic mass is 9.81. The van der Waals surface area contributed by atoms with E-state index in [1.165, 1.54) is 0 Å². The second-order valence-corrected chi connectivity index (χ2v) is 5.40. The standard InChI is InChI=1S/C15H19NO3/c1-14(2)10-15(11-16,18-9-5-8-17)12-6-3-4-7-13(12)19-14/h3-4,6-7,17H,5,8-10H2,1-2H3. The number of aliphatic hydroxyl groups excluding tert-OH is 1. The summed E-state index contributed by atoms with van der Waals surface area (Å²) in [4.78, 5) is 0. The highest BCUT2D eigenvalue weighted by molar-refractivity contribution is 5.44. The molecule has 4 heteroatoms. The van der Waals surface area contributed by atoms with Crippen molar-refractivity contribution in [2.24, 2.45) is 0 Å². The fourth-order valence-corrected chi connectivity index (χ4v) is 2.49. The first kappa shape index (κ1) is 13.9. The largest absolute Gasteiger partial charge is 0.487 e. The Labute approximate surface area is 113 Å². The predicted molar refractivity (Wildman–Crippen MR) is 70.7 cm³/mol. The van der Waals surface area contributed by atoms with Crippen LogP contribution in [0.3, 0.4) is 0 Å². The predicted octanol–water partition coefficient (Wildman–Crippen LogP) is 2.37. The summed E-state index contributed by atoms with van der Waals surface area (Å²) in [7, 11) is 0. The van der Waals surface area contributed by atoms with Crippen LogP contribution in [-0.2, 0) is 10.3 Å². The first-order valence-electron chi connectivity index (χ1n) is 6.48. The third-order valence-electron chi connectivity index (χ3n) is 3.21. The quantitative estimate of drug-likeness (QED) is 0.845. The third-order valence-corrected chi connectivity index (χ3v) is 3.21. The van der Waals surface area contributed by atoms with Gasteiger partial charge in [-0.2, -0.15) is 5.26 Å². The van der Waals surface area contributed by atoms with Gasteiger partial charge >= 0.3 is 0 Å². The molecule has 1 aromatic carbocycles. The minimum atomic E-state index is -0.993. The van der Waals surface area contributed by atoms with Crippen molar-refractivity contribution in [3.8, 4) is 11.8 Å². The molecule has 1 heterocycles. The average Bonchev–Trinajstić information content (AvgIpc) is 2.37. The number of rotatable bonds is 4. The zero-order chi connectivity index (χ0) is 13.9. The first-order valence-corrected chi connectivity index (χ1v) is 6.48. The van der Waals surface area contributed by atoms with E-state index < -0.39 is 11.2 Å². The van der Waals surface area contributed by atoms with E-state index in [1.54, 1.807) is 0 Å². The van der Waals surface area contributed by atoms with Crippen LogP contribution < -0.4 is 4.74 Å². The Hall–Kier alpha value is -1.57. The van der Waals surface area contributed by atoms with Crippen LogP contribution in [-0.4, -0.2) is 23.9 Å². The molecule has 0 radical (unpaired) electrons. The van der Waals surface area contributed by atoms with Gasteiger partial charge in [-0.25, -0.2) is 0 Å². The maximum atomic E-state index is 9.63. The molecule has 0 saturated carbocycles. The maximum Gasteiger partial charge on any atom is 0.186 e. The molecule has 1 N–H and O–H groups in total. The van der Waals surface area contributed by atoms with Crippen LogP contribution in [0.5, 0.6) is 5.75 Å².